The summed E-state index contributed by atoms with van der Waals surface area (Å²) in [6, 6.07) is 2.05. The molecule has 0 unspecified atom stereocenters. The van der Waals surface area contributed by atoms with Gasteiger partial charge in [0.05, 0.1) is 30.0 Å². The molecule has 3 heterocycles. The van der Waals surface area contributed by atoms with Crippen LogP contribution in [0.25, 0.3) is 0 Å². The fourth-order valence-corrected chi connectivity index (χ4v) is 3.22. The summed E-state index contributed by atoms with van der Waals surface area (Å²) in [7, 11) is 0. The molecule has 0 aromatic carbocycles. The van der Waals surface area contributed by atoms with Gasteiger partial charge in [0, 0.05) is 19.1 Å². The number of nitrogens with zero attached hydrogens (tertiary/aromatic N) is 5. The Kier molecular flexibility index (Phi) is 3.99. The quantitative estimate of drug-likeness (QED) is 0.888. The van der Waals surface area contributed by atoms with Crippen LogP contribution in [-0.2, 0) is 19.6 Å². The molecule has 1 N–H and O–H groups in total. The number of rotatable bonds is 4. The third-order valence-electron chi connectivity index (χ3n) is 4.53. The average Bonchev–Trinajstić information content (AvgIpc) is 3.19. The van der Waals surface area contributed by atoms with Crippen molar-refractivity contribution >= 4 is 23.4 Å². The van der Waals surface area contributed by atoms with Gasteiger partial charge >= 0.3 is 0 Å². The summed E-state index contributed by atoms with van der Waals surface area (Å²) in [5.74, 6) is -0.296. The van der Waals surface area contributed by atoms with Crippen molar-refractivity contribution in [3.05, 3.63) is 34.4 Å². The molecule has 0 spiro atoms. The Labute approximate surface area is 149 Å². The number of aromatic nitrogens is 4. The van der Waals surface area contributed by atoms with Crippen molar-refractivity contribution < 1.29 is 9.59 Å². The standard InChI is InChI=1S/C16H19ClN6O2/c1-2-22-14(12(17)8-18-22)16(25)21-5-6-23-11(9-21)7-13(20-23)15(24)19-10-3-4-10/h7-8,10H,2-6,9H2,1H3,(H,19,24). The summed E-state index contributed by atoms with van der Waals surface area (Å²) in [5, 5.41) is 11.8. The summed E-state index contributed by atoms with van der Waals surface area (Å²) in [5.41, 5.74) is 1.66. The molecule has 132 valence electrons. The van der Waals surface area contributed by atoms with Crippen molar-refractivity contribution in [1.82, 2.24) is 29.8 Å². The van der Waals surface area contributed by atoms with Gasteiger partial charge in [0.15, 0.2) is 5.69 Å². The second kappa shape index (κ2) is 6.18. The Morgan fingerprint density at radius 2 is 2.16 bits per heavy atom. The highest BCUT2D eigenvalue weighted by Crippen LogP contribution is 2.22. The highest BCUT2D eigenvalue weighted by molar-refractivity contribution is 6.33. The number of carbonyl (C=O) groups excluding carboxylic acids is 2. The lowest BCUT2D eigenvalue weighted by Gasteiger charge is -2.27. The first-order chi connectivity index (χ1) is 12.1. The zero-order valence-corrected chi connectivity index (χ0v) is 14.7. The van der Waals surface area contributed by atoms with E-state index in [9.17, 15) is 9.59 Å². The van der Waals surface area contributed by atoms with E-state index in [1.807, 2.05) is 6.92 Å². The molecular formula is C16H19ClN6O2. The Balaban J connectivity index is 1.52. The minimum Gasteiger partial charge on any atom is -0.348 e. The second-order valence-electron chi connectivity index (χ2n) is 6.38. The fraction of sp³-hybridized carbons (Fsp3) is 0.500. The van der Waals surface area contributed by atoms with Crippen LogP contribution in [0.15, 0.2) is 12.3 Å². The van der Waals surface area contributed by atoms with Gasteiger partial charge in [-0.2, -0.15) is 10.2 Å². The van der Waals surface area contributed by atoms with Crippen LogP contribution in [0.2, 0.25) is 5.02 Å². The molecule has 1 saturated carbocycles. The maximum absolute atomic E-state index is 12.8. The van der Waals surface area contributed by atoms with E-state index < -0.39 is 0 Å². The third kappa shape index (κ3) is 3.02. The van der Waals surface area contributed by atoms with Crippen molar-refractivity contribution in [2.75, 3.05) is 6.54 Å². The molecule has 8 nitrogen and oxygen atoms in total. The first kappa shape index (κ1) is 16.1. The molecule has 1 aliphatic heterocycles. The number of carbonyl (C=O) groups is 2. The molecule has 0 atom stereocenters. The third-order valence-corrected chi connectivity index (χ3v) is 4.80. The van der Waals surface area contributed by atoms with Gasteiger partial charge in [-0.3, -0.25) is 19.0 Å². The maximum atomic E-state index is 12.8. The SMILES string of the molecule is CCn1ncc(Cl)c1C(=O)N1CCn2nc(C(=O)NC3CC3)cc2C1. The predicted molar refractivity (Wildman–Crippen MR) is 90.4 cm³/mol. The Morgan fingerprint density at radius 1 is 1.36 bits per heavy atom. The highest BCUT2D eigenvalue weighted by Gasteiger charge is 2.29. The molecule has 0 saturated heterocycles. The predicted octanol–water partition coefficient (Wildman–Crippen LogP) is 1.30. The largest absolute Gasteiger partial charge is 0.348 e. The molecule has 2 aromatic heterocycles. The molecule has 2 aliphatic rings. The van der Waals surface area contributed by atoms with Crippen LogP contribution < -0.4 is 5.32 Å². The Bertz CT molecular complexity index is 838. The molecule has 4 rings (SSSR count). The molecular weight excluding hydrogens is 344 g/mol. The van der Waals surface area contributed by atoms with Gasteiger partial charge in [-0.05, 0) is 25.8 Å². The normalized spacial score (nSPS) is 16.6. The summed E-state index contributed by atoms with van der Waals surface area (Å²) >= 11 is 6.14. The van der Waals surface area contributed by atoms with Crippen LogP contribution >= 0.6 is 11.6 Å². The zero-order chi connectivity index (χ0) is 17.6. The average molecular weight is 363 g/mol. The minimum atomic E-state index is -0.152. The summed E-state index contributed by atoms with van der Waals surface area (Å²) < 4.78 is 3.40. The summed E-state index contributed by atoms with van der Waals surface area (Å²) in [4.78, 5) is 26.7. The van der Waals surface area contributed by atoms with Crippen molar-refractivity contribution in [1.29, 1.82) is 0 Å². The first-order valence-corrected chi connectivity index (χ1v) is 8.82. The molecule has 0 bridgehead atoms. The van der Waals surface area contributed by atoms with Gasteiger partial charge in [-0.25, -0.2) is 0 Å². The van der Waals surface area contributed by atoms with E-state index in [1.54, 1.807) is 20.3 Å². The first-order valence-electron chi connectivity index (χ1n) is 8.45. The fourth-order valence-electron chi connectivity index (χ4n) is 3.00. The van der Waals surface area contributed by atoms with Gasteiger partial charge in [0.1, 0.15) is 5.69 Å². The van der Waals surface area contributed by atoms with Gasteiger partial charge in [0.2, 0.25) is 0 Å². The van der Waals surface area contributed by atoms with E-state index in [1.165, 1.54) is 6.20 Å². The lowest BCUT2D eigenvalue weighted by Crippen LogP contribution is -2.39. The minimum absolute atomic E-state index is 0.144. The molecule has 2 amide bonds. The molecule has 25 heavy (non-hydrogen) atoms. The van der Waals surface area contributed by atoms with E-state index in [0.717, 1.165) is 18.5 Å². The molecule has 0 radical (unpaired) electrons. The van der Waals surface area contributed by atoms with Gasteiger partial charge in [0.25, 0.3) is 11.8 Å². The number of aryl methyl sites for hydroxylation is 1. The molecule has 9 heteroatoms. The van der Waals surface area contributed by atoms with Crippen molar-refractivity contribution in [3.63, 3.8) is 0 Å². The number of hydrogen-bond acceptors (Lipinski definition) is 4. The van der Waals surface area contributed by atoms with E-state index in [-0.39, 0.29) is 11.8 Å². The van der Waals surface area contributed by atoms with Crippen molar-refractivity contribution in [3.8, 4) is 0 Å². The van der Waals surface area contributed by atoms with Gasteiger partial charge in [-0.15, -0.1) is 0 Å². The smallest absolute Gasteiger partial charge is 0.274 e. The number of amides is 2. The number of halogens is 1. The van der Waals surface area contributed by atoms with Crippen LogP contribution in [-0.4, -0.2) is 48.9 Å². The topological polar surface area (TPSA) is 85.1 Å². The van der Waals surface area contributed by atoms with Crippen molar-refractivity contribution in [2.24, 2.45) is 0 Å². The van der Waals surface area contributed by atoms with Crippen molar-refractivity contribution in [2.45, 2.75) is 45.4 Å². The van der Waals surface area contributed by atoms with Gasteiger partial charge < -0.3 is 10.2 Å². The van der Waals surface area contributed by atoms with Crippen LogP contribution in [0.1, 0.15) is 46.4 Å². The number of nitrogens with one attached hydrogen (secondary N) is 1. The van der Waals surface area contributed by atoms with E-state index in [4.69, 9.17) is 11.6 Å². The number of fused-ring (bicyclic) bond motifs is 1. The van der Waals surface area contributed by atoms with E-state index >= 15 is 0 Å². The molecule has 2 aromatic rings. The lowest BCUT2D eigenvalue weighted by molar-refractivity contribution is 0.0693. The summed E-state index contributed by atoms with van der Waals surface area (Å²) in [6.45, 7) is 3.95. The van der Waals surface area contributed by atoms with Crippen LogP contribution in [0.5, 0.6) is 0 Å². The molecule has 1 fully saturated rings. The monoisotopic (exact) mass is 362 g/mol. The van der Waals surface area contributed by atoms with E-state index in [0.29, 0.717) is 48.6 Å². The summed E-state index contributed by atoms with van der Waals surface area (Å²) in [6.07, 6.45) is 3.56. The van der Waals surface area contributed by atoms with Crippen LogP contribution in [0, 0.1) is 0 Å². The van der Waals surface area contributed by atoms with Crippen LogP contribution in [0.4, 0.5) is 0 Å². The lowest BCUT2D eigenvalue weighted by atomic mass is 10.2. The maximum Gasteiger partial charge on any atom is 0.274 e. The van der Waals surface area contributed by atoms with Crippen LogP contribution in [0.3, 0.4) is 0 Å². The van der Waals surface area contributed by atoms with E-state index in [2.05, 4.69) is 15.5 Å². The Morgan fingerprint density at radius 3 is 2.88 bits per heavy atom. The zero-order valence-electron chi connectivity index (χ0n) is 13.9. The van der Waals surface area contributed by atoms with Gasteiger partial charge in [-0.1, -0.05) is 11.6 Å². The number of hydrogen-bond donors (Lipinski definition) is 1. The highest BCUT2D eigenvalue weighted by atomic mass is 35.5. The molecule has 1 aliphatic carbocycles. The Hall–Kier alpha value is -2.35. The second-order valence-corrected chi connectivity index (χ2v) is 6.78.